The van der Waals surface area contributed by atoms with Gasteiger partial charge in [0, 0.05) is 12.0 Å². The molecule has 0 fully saturated rings. The van der Waals surface area contributed by atoms with Crippen LogP contribution in [0.3, 0.4) is 0 Å². The molecular formula is C14H16ClF2NO5. The Morgan fingerprint density at radius 3 is 2.52 bits per heavy atom. The first kappa shape index (κ1) is 19.0. The standard InChI is InChI=1S/C14H16ClF2NO5/c1-3-23-12-8(15)4-7(5-10(12)22-2)13(19)18-9(14(20)21)6-11(16)17/h4-5,9,11H,3,6H2,1-2H3,(H,18,19)(H,20,21). The summed E-state index contributed by atoms with van der Waals surface area (Å²) in [6.45, 7) is 2.05. The van der Waals surface area contributed by atoms with Gasteiger partial charge in [0.25, 0.3) is 5.91 Å². The van der Waals surface area contributed by atoms with Crippen molar-refractivity contribution in [1.29, 1.82) is 0 Å². The molecule has 1 aromatic rings. The van der Waals surface area contributed by atoms with Gasteiger partial charge in [-0.15, -0.1) is 0 Å². The highest BCUT2D eigenvalue weighted by Crippen LogP contribution is 2.36. The molecule has 1 atom stereocenters. The van der Waals surface area contributed by atoms with Crippen molar-refractivity contribution in [1.82, 2.24) is 5.32 Å². The maximum absolute atomic E-state index is 12.3. The number of benzene rings is 1. The average molecular weight is 352 g/mol. The molecule has 1 amide bonds. The lowest BCUT2D eigenvalue weighted by atomic mass is 10.1. The summed E-state index contributed by atoms with van der Waals surface area (Å²) in [6.07, 6.45) is -3.86. The number of carboxylic acid groups (broad SMARTS) is 1. The zero-order valence-electron chi connectivity index (χ0n) is 12.4. The monoisotopic (exact) mass is 351 g/mol. The molecule has 23 heavy (non-hydrogen) atoms. The van der Waals surface area contributed by atoms with Crippen molar-refractivity contribution in [2.45, 2.75) is 25.8 Å². The van der Waals surface area contributed by atoms with Gasteiger partial charge in [-0.05, 0) is 19.1 Å². The number of nitrogens with one attached hydrogen (secondary N) is 1. The SMILES string of the molecule is CCOc1c(Cl)cc(C(=O)NC(CC(F)F)C(=O)O)cc1OC. The molecule has 128 valence electrons. The van der Waals surface area contributed by atoms with Crippen molar-refractivity contribution >= 4 is 23.5 Å². The Balaban J connectivity index is 3.03. The third kappa shape index (κ3) is 5.24. The van der Waals surface area contributed by atoms with E-state index >= 15 is 0 Å². The van der Waals surface area contributed by atoms with Crippen LogP contribution in [-0.2, 0) is 4.79 Å². The van der Waals surface area contributed by atoms with Crippen LogP contribution in [0, 0.1) is 0 Å². The number of aliphatic carboxylic acids is 1. The maximum atomic E-state index is 12.3. The summed E-state index contributed by atoms with van der Waals surface area (Å²) in [6, 6.07) is 0.818. The predicted octanol–water partition coefficient (Wildman–Crippen LogP) is 2.59. The summed E-state index contributed by atoms with van der Waals surface area (Å²) >= 11 is 6.00. The molecular weight excluding hydrogens is 336 g/mol. The van der Waals surface area contributed by atoms with E-state index in [1.165, 1.54) is 19.2 Å². The second-order valence-corrected chi connectivity index (χ2v) is 4.82. The van der Waals surface area contributed by atoms with Crippen LogP contribution in [-0.4, -0.2) is 43.2 Å². The molecule has 0 saturated carbocycles. The molecule has 0 aliphatic rings. The number of hydrogen-bond donors (Lipinski definition) is 2. The Kier molecular flexibility index (Phi) is 7.02. The van der Waals surface area contributed by atoms with E-state index in [1.54, 1.807) is 6.92 Å². The van der Waals surface area contributed by atoms with Crippen molar-refractivity contribution in [2.75, 3.05) is 13.7 Å². The average Bonchev–Trinajstić information content (AvgIpc) is 2.47. The minimum atomic E-state index is -2.87. The summed E-state index contributed by atoms with van der Waals surface area (Å²) in [5.74, 6) is -2.01. The highest BCUT2D eigenvalue weighted by atomic mass is 35.5. The van der Waals surface area contributed by atoms with E-state index in [4.69, 9.17) is 26.2 Å². The smallest absolute Gasteiger partial charge is 0.326 e. The molecule has 1 rings (SSSR count). The van der Waals surface area contributed by atoms with Crippen LogP contribution in [0.5, 0.6) is 11.5 Å². The fourth-order valence-corrected chi connectivity index (χ4v) is 2.04. The normalized spacial score (nSPS) is 11.9. The first-order chi connectivity index (χ1) is 10.8. The van der Waals surface area contributed by atoms with Gasteiger partial charge in [0.15, 0.2) is 11.5 Å². The zero-order chi connectivity index (χ0) is 17.6. The Labute approximate surface area is 136 Å². The van der Waals surface area contributed by atoms with E-state index in [1.807, 2.05) is 5.32 Å². The van der Waals surface area contributed by atoms with Crippen LogP contribution in [0.2, 0.25) is 5.02 Å². The Bertz CT molecular complexity index is 583. The van der Waals surface area contributed by atoms with Crippen molar-refractivity contribution in [3.8, 4) is 11.5 Å². The number of rotatable bonds is 8. The molecule has 1 unspecified atom stereocenters. The number of ether oxygens (including phenoxy) is 2. The lowest BCUT2D eigenvalue weighted by molar-refractivity contribution is -0.140. The molecule has 0 heterocycles. The second-order valence-electron chi connectivity index (χ2n) is 4.41. The first-order valence-electron chi connectivity index (χ1n) is 6.62. The van der Waals surface area contributed by atoms with Gasteiger partial charge in [-0.25, -0.2) is 13.6 Å². The zero-order valence-corrected chi connectivity index (χ0v) is 13.2. The minimum Gasteiger partial charge on any atom is -0.493 e. The van der Waals surface area contributed by atoms with E-state index in [-0.39, 0.29) is 22.1 Å². The number of carbonyl (C=O) groups is 2. The van der Waals surface area contributed by atoms with Crippen molar-refractivity contribution < 1.29 is 33.0 Å². The van der Waals surface area contributed by atoms with Gasteiger partial charge in [0.1, 0.15) is 6.04 Å². The van der Waals surface area contributed by atoms with Crippen LogP contribution in [0.25, 0.3) is 0 Å². The first-order valence-corrected chi connectivity index (χ1v) is 7.00. The van der Waals surface area contributed by atoms with Gasteiger partial charge in [-0.3, -0.25) is 4.79 Å². The van der Waals surface area contributed by atoms with Gasteiger partial charge in [0.2, 0.25) is 6.43 Å². The third-order valence-corrected chi connectivity index (χ3v) is 3.08. The van der Waals surface area contributed by atoms with Crippen LogP contribution < -0.4 is 14.8 Å². The number of hydrogen-bond acceptors (Lipinski definition) is 4. The van der Waals surface area contributed by atoms with Gasteiger partial charge in [0.05, 0.1) is 18.7 Å². The molecule has 0 bridgehead atoms. The summed E-state index contributed by atoms with van der Waals surface area (Å²) in [7, 11) is 1.34. The summed E-state index contributed by atoms with van der Waals surface area (Å²) in [4.78, 5) is 23.0. The molecule has 0 radical (unpaired) electrons. The molecule has 0 aliphatic carbocycles. The van der Waals surface area contributed by atoms with E-state index < -0.39 is 30.8 Å². The number of halogens is 3. The summed E-state index contributed by atoms with van der Waals surface area (Å²) in [5.41, 5.74) is -0.0316. The Morgan fingerprint density at radius 2 is 2.04 bits per heavy atom. The van der Waals surface area contributed by atoms with Gasteiger partial charge in [-0.1, -0.05) is 11.6 Å². The number of amides is 1. The molecule has 0 aromatic heterocycles. The molecule has 6 nitrogen and oxygen atoms in total. The molecule has 0 saturated heterocycles. The highest BCUT2D eigenvalue weighted by Gasteiger charge is 2.25. The largest absolute Gasteiger partial charge is 0.493 e. The Morgan fingerprint density at radius 1 is 1.39 bits per heavy atom. The van der Waals surface area contributed by atoms with E-state index in [9.17, 15) is 18.4 Å². The van der Waals surface area contributed by atoms with Gasteiger partial charge in [-0.2, -0.15) is 0 Å². The maximum Gasteiger partial charge on any atom is 0.326 e. The third-order valence-electron chi connectivity index (χ3n) is 2.80. The van der Waals surface area contributed by atoms with Crippen molar-refractivity contribution in [3.05, 3.63) is 22.7 Å². The number of methoxy groups -OCH3 is 1. The lowest BCUT2D eigenvalue weighted by Gasteiger charge is -2.16. The molecule has 9 heteroatoms. The lowest BCUT2D eigenvalue weighted by Crippen LogP contribution is -2.42. The number of carboxylic acids is 1. The van der Waals surface area contributed by atoms with Crippen LogP contribution in [0.15, 0.2) is 12.1 Å². The molecule has 0 aliphatic heterocycles. The highest BCUT2D eigenvalue weighted by molar-refractivity contribution is 6.32. The molecule has 2 N–H and O–H groups in total. The van der Waals surface area contributed by atoms with Crippen molar-refractivity contribution in [3.63, 3.8) is 0 Å². The fraction of sp³-hybridized carbons (Fsp3) is 0.429. The van der Waals surface area contributed by atoms with Gasteiger partial charge < -0.3 is 19.9 Å². The topological polar surface area (TPSA) is 84.9 Å². The molecule has 1 aromatic carbocycles. The second kappa shape index (κ2) is 8.52. The van der Waals surface area contributed by atoms with Crippen LogP contribution >= 0.6 is 11.6 Å². The predicted molar refractivity (Wildman–Crippen MR) is 78.7 cm³/mol. The minimum absolute atomic E-state index is 0.0316. The van der Waals surface area contributed by atoms with Crippen LogP contribution in [0.1, 0.15) is 23.7 Å². The fourth-order valence-electron chi connectivity index (χ4n) is 1.78. The van der Waals surface area contributed by atoms with Crippen molar-refractivity contribution in [2.24, 2.45) is 0 Å². The number of alkyl halides is 2. The quantitative estimate of drug-likeness (QED) is 0.752. The molecule has 0 spiro atoms. The Hall–Kier alpha value is -2.09. The summed E-state index contributed by atoms with van der Waals surface area (Å²) in [5, 5.41) is 11.0. The van der Waals surface area contributed by atoms with Gasteiger partial charge >= 0.3 is 5.97 Å². The number of carbonyl (C=O) groups excluding carboxylic acids is 1. The van der Waals surface area contributed by atoms with Crippen LogP contribution in [0.4, 0.5) is 8.78 Å². The van der Waals surface area contributed by atoms with E-state index in [0.29, 0.717) is 6.61 Å². The summed E-state index contributed by atoms with van der Waals surface area (Å²) < 4.78 is 35.0. The van der Waals surface area contributed by atoms with E-state index in [0.717, 1.165) is 0 Å². The van der Waals surface area contributed by atoms with E-state index in [2.05, 4.69) is 0 Å².